The first-order valence-electron chi connectivity index (χ1n) is 3.75. The normalized spacial score (nSPS) is 10.0. The highest BCUT2D eigenvalue weighted by Crippen LogP contribution is 2.27. The number of nitrogens with two attached hydrogens (primary N) is 2. The number of carbonyl (C=O) groups is 1. The number of aromatic nitrogens is 1. The summed E-state index contributed by atoms with van der Waals surface area (Å²) >= 11 is 0. The average molecular weight is 212 g/mol. The first-order chi connectivity index (χ1) is 6.97. The third-order valence-corrected chi connectivity index (χ3v) is 1.68. The first kappa shape index (κ1) is 10.8. The zero-order chi connectivity index (χ0) is 11.6. The van der Waals surface area contributed by atoms with Crippen molar-refractivity contribution in [2.75, 3.05) is 5.73 Å². The highest BCUT2D eigenvalue weighted by Gasteiger charge is 2.20. The molecule has 0 radical (unpaired) electrons. The van der Waals surface area contributed by atoms with Gasteiger partial charge >= 0.3 is 0 Å². The van der Waals surface area contributed by atoms with Crippen molar-refractivity contribution in [2.24, 2.45) is 5.73 Å². The van der Waals surface area contributed by atoms with Crippen LogP contribution >= 0.6 is 0 Å². The highest BCUT2D eigenvalue weighted by molar-refractivity contribution is 5.91. The fraction of sp³-hybridized carbons (Fsp3) is 0.125. The summed E-state index contributed by atoms with van der Waals surface area (Å²) in [5, 5.41) is 8.58. The number of primary amides is 1. The molecule has 7 heteroatoms. The molecule has 0 saturated carbocycles. The zero-order valence-corrected chi connectivity index (χ0v) is 7.37. The van der Waals surface area contributed by atoms with Crippen molar-refractivity contribution in [3.8, 4) is 6.07 Å². The van der Waals surface area contributed by atoms with Crippen LogP contribution in [0.4, 0.5) is 14.6 Å². The number of hydrogen-bond donors (Lipinski definition) is 2. The molecule has 1 aromatic heterocycles. The van der Waals surface area contributed by atoms with Crippen LogP contribution in [0.1, 0.15) is 28.0 Å². The van der Waals surface area contributed by atoms with Crippen LogP contribution in [0.15, 0.2) is 6.07 Å². The van der Waals surface area contributed by atoms with E-state index in [9.17, 15) is 13.6 Å². The van der Waals surface area contributed by atoms with E-state index >= 15 is 0 Å². The lowest BCUT2D eigenvalue weighted by Gasteiger charge is -2.06. The lowest BCUT2D eigenvalue weighted by molar-refractivity contribution is 0.0995. The molecular weight excluding hydrogens is 206 g/mol. The van der Waals surface area contributed by atoms with Crippen LogP contribution in [0.3, 0.4) is 0 Å². The van der Waals surface area contributed by atoms with Crippen molar-refractivity contribution < 1.29 is 13.6 Å². The summed E-state index contributed by atoms with van der Waals surface area (Å²) in [6.45, 7) is 0. The summed E-state index contributed by atoms with van der Waals surface area (Å²) in [6.07, 6.45) is -2.92. The molecule has 1 rings (SSSR count). The Morgan fingerprint density at radius 1 is 1.60 bits per heavy atom. The third kappa shape index (κ3) is 1.99. The number of nitriles is 1. The monoisotopic (exact) mass is 212 g/mol. The van der Waals surface area contributed by atoms with E-state index < -0.39 is 29.3 Å². The Labute approximate surface area is 83.3 Å². The molecular formula is C8H6F2N4O. The van der Waals surface area contributed by atoms with E-state index in [0.717, 1.165) is 6.07 Å². The van der Waals surface area contributed by atoms with Crippen LogP contribution in [-0.2, 0) is 0 Å². The molecule has 0 saturated heterocycles. The molecule has 0 aliphatic carbocycles. The Kier molecular flexibility index (Phi) is 2.80. The smallest absolute Gasteiger partial charge is 0.268 e. The Morgan fingerprint density at radius 3 is 2.60 bits per heavy atom. The molecule has 0 aliphatic rings. The molecule has 0 bridgehead atoms. The number of rotatable bonds is 2. The van der Waals surface area contributed by atoms with Gasteiger partial charge in [0.05, 0.1) is 17.2 Å². The standard InChI is InChI=1S/C8H6F2N4O/c9-6(10)5-3(2-11)1-4(8(13)15)14-7(5)12/h1,6H,(H2,12,14)(H2,13,15). The van der Waals surface area contributed by atoms with Crippen molar-refractivity contribution in [1.29, 1.82) is 5.26 Å². The second-order valence-electron chi connectivity index (χ2n) is 2.63. The van der Waals surface area contributed by atoms with Gasteiger partial charge in [-0.25, -0.2) is 13.8 Å². The quantitative estimate of drug-likeness (QED) is 0.747. The van der Waals surface area contributed by atoms with Crippen LogP contribution in [0.5, 0.6) is 0 Å². The molecule has 0 aliphatic heterocycles. The third-order valence-electron chi connectivity index (χ3n) is 1.68. The van der Waals surface area contributed by atoms with E-state index in [1.54, 1.807) is 0 Å². The van der Waals surface area contributed by atoms with Gasteiger partial charge in [0, 0.05) is 0 Å². The van der Waals surface area contributed by atoms with E-state index in [2.05, 4.69) is 4.98 Å². The molecule has 0 unspecified atom stereocenters. The molecule has 1 heterocycles. The first-order valence-corrected chi connectivity index (χ1v) is 3.75. The zero-order valence-electron chi connectivity index (χ0n) is 7.37. The lowest BCUT2D eigenvalue weighted by atomic mass is 10.1. The number of nitrogens with zero attached hydrogens (tertiary/aromatic N) is 2. The molecule has 1 amide bonds. The van der Waals surface area contributed by atoms with Gasteiger partial charge in [-0.3, -0.25) is 4.79 Å². The van der Waals surface area contributed by atoms with Crippen molar-refractivity contribution >= 4 is 11.7 Å². The Balaban J connectivity index is 3.46. The van der Waals surface area contributed by atoms with Crippen molar-refractivity contribution in [2.45, 2.75) is 6.43 Å². The van der Waals surface area contributed by atoms with Gasteiger partial charge in [-0.05, 0) is 6.07 Å². The maximum absolute atomic E-state index is 12.4. The lowest BCUT2D eigenvalue weighted by Crippen LogP contribution is -2.15. The molecule has 0 fully saturated rings. The van der Waals surface area contributed by atoms with Crippen molar-refractivity contribution in [1.82, 2.24) is 4.98 Å². The largest absolute Gasteiger partial charge is 0.383 e. The molecule has 4 N–H and O–H groups in total. The van der Waals surface area contributed by atoms with Gasteiger partial charge in [-0.1, -0.05) is 0 Å². The van der Waals surface area contributed by atoms with Gasteiger partial charge < -0.3 is 11.5 Å². The van der Waals surface area contributed by atoms with E-state index in [1.807, 2.05) is 0 Å². The fourth-order valence-corrected chi connectivity index (χ4v) is 1.02. The number of alkyl halides is 2. The van der Waals surface area contributed by atoms with Crippen LogP contribution in [0, 0.1) is 11.3 Å². The summed E-state index contributed by atoms with van der Waals surface area (Å²) in [5.41, 5.74) is 8.68. The van der Waals surface area contributed by atoms with Crippen LogP contribution in [0.2, 0.25) is 0 Å². The maximum atomic E-state index is 12.4. The number of hydrogen-bond acceptors (Lipinski definition) is 4. The van der Waals surface area contributed by atoms with Crippen LogP contribution in [-0.4, -0.2) is 10.9 Å². The SMILES string of the molecule is N#Cc1cc(C(N)=O)nc(N)c1C(F)F. The number of carbonyl (C=O) groups excluding carboxylic acids is 1. The minimum Gasteiger partial charge on any atom is -0.383 e. The minimum atomic E-state index is -2.92. The number of halogens is 2. The summed E-state index contributed by atoms with van der Waals surface area (Å²) in [4.78, 5) is 14.1. The summed E-state index contributed by atoms with van der Waals surface area (Å²) < 4.78 is 24.8. The fourth-order valence-electron chi connectivity index (χ4n) is 1.02. The summed E-state index contributed by atoms with van der Waals surface area (Å²) in [6, 6.07) is 2.39. The Bertz CT molecular complexity index is 453. The van der Waals surface area contributed by atoms with E-state index in [1.165, 1.54) is 6.07 Å². The number of pyridine rings is 1. The van der Waals surface area contributed by atoms with Gasteiger partial charge in [0.25, 0.3) is 12.3 Å². The molecule has 15 heavy (non-hydrogen) atoms. The van der Waals surface area contributed by atoms with Gasteiger partial charge in [-0.15, -0.1) is 0 Å². The number of anilines is 1. The molecule has 78 valence electrons. The predicted octanol–water partition coefficient (Wildman–Crippen LogP) is 0.572. The van der Waals surface area contributed by atoms with Gasteiger partial charge in [0.15, 0.2) is 0 Å². The van der Waals surface area contributed by atoms with Gasteiger partial charge in [0.1, 0.15) is 11.5 Å². The second-order valence-corrected chi connectivity index (χ2v) is 2.63. The van der Waals surface area contributed by atoms with Gasteiger partial charge in [0.2, 0.25) is 0 Å². The van der Waals surface area contributed by atoms with E-state index in [4.69, 9.17) is 16.7 Å². The van der Waals surface area contributed by atoms with E-state index in [-0.39, 0.29) is 5.69 Å². The van der Waals surface area contributed by atoms with Crippen molar-refractivity contribution in [3.63, 3.8) is 0 Å². The summed E-state index contributed by atoms with van der Waals surface area (Å²) in [5.74, 6) is -1.49. The minimum absolute atomic E-state index is 0.312. The molecule has 0 spiro atoms. The maximum Gasteiger partial charge on any atom is 0.268 e. The highest BCUT2D eigenvalue weighted by atomic mass is 19.3. The van der Waals surface area contributed by atoms with Crippen LogP contribution in [0.25, 0.3) is 0 Å². The number of amides is 1. The van der Waals surface area contributed by atoms with Crippen LogP contribution < -0.4 is 11.5 Å². The Morgan fingerprint density at radius 2 is 2.20 bits per heavy atom. The second kappa shape index (κ2) is 3.88. The topological polar surface area (TPSA) is 106 Å². The van der Waals surface area contributed by atoms with Gasteiger partial charge in [-0.2, -0.15) is 5.26 Å². The van der Waals surface area contributed by atoms with E-state index in [0.29, 0.717) is 0 Å². The summed E-state index contributed by atoms with van der Waals surface area (Å²) in [7, 11) is 0. The average Bonchev–Trinajstić information content (AvgIpc) is 2.15. The molecule has 0 aromatic carbocycles. The molecule has 5 nitrogen and oxygen atoms in total. The molecule has 1 aromatic rings. The predicted molar refractivity (Wildman–Crippen MR) is 46.8 cm³/mol. The Hall–Kier alpha value is -2.23. The molecule has 0 atom stereocenters. The number of nitrogen functional groups attached to an aromatic ring is 1. The van der Waals surface area contributed by atoms with Crippen molar-refractivity contribution in [3.05, 3.63) is 22.9 Å².